The number of carbonyl (C=O) groups is 1. The van der Waals surface area contributed by atoms with Gasteiger partial charge in [-0.15, -0.1) is 0 Å². The molecule has 1 fully saturated rings. The zero-order chi connectivity index (χ0) is 18.4. The molecule has 2 aromatic rings. The van der Waals surface area contributed by atoms with E-state index in [4.69, 9.17) is 16.3 Å². The standard InChI is InChI=1S/C20H24ClN3O2/c1-23(20(25)26-15-16-5-3-2-4-6-16)14-17-13-18(7-8-19(17)21)24-11-9-22-10-12-24/h2-8,13,22H,9-12,14-15H2,1H3. The van der Waals surface area contributed by atoms with Crippen LogP contribution in [0.25, 0.3) is 0 Å². The Labute approximate surface area is 159 Å². The molecule has 0 aliphatic carbocycles. The minimum atomic E-state index is -0.363. The zero-order valence-corrected chi connectivity index (χ0v) is 15.7. The number of nitrogens with zero attached hydrogens (tertiary/aromatic N) is 2. The first-order valence-corrected chi connectivity index (χ1v) is 9.17. The Morgan fingerprint density at radius 1 is 1.19 bits per heavy atom. The molecule has 1 aliphatic rings. The lowest BCUT2D eigenvalue weighted by Crippen LogP contribution is -2.43. The molecule has 0 atom stereocenters. The van der Waals surface area contributed by atoms with Crippen molar-refractivity contribution in [2.45, 2.75) is 13.2 Å². The third-order valence-corrected chi connectivity index (χ3v) is 4.80. The molecule has 0 saturated carbocycles. The molecule has 1 amide bonds. The Kier molecular flexibility index (Phi) is 6.36. The van der Waals surface area contributed by atoms with E-state index in [2.05, 4.69) is 16.3 Å². The molecule has 6 heteroatoms. The Bertz CT molecular complexity index is 733. The summed E-state index contributed by atoms with van der Waals surface area (Å²) in [6.07, 6.45) is -0.363. The van der Waals surface area contributed by atoms with Crippen molar-refractivity contribution in [3.8, 4) is 0 Å². The lowest BCUT2D eigenvalue weighted by Gasteiger charge is -2.30. The third-order valence-electron chi connectivity index (χ3n) is 4.44. The number of benzene rings is 2. The maximum absolute atomic E-state index is 12.3. The SMILES string of the molecule is CN(Cc1cc(N2CCNCC2)ccc1Cl)C(=O)OCc1ccccc1. The van der Waals surface area contributed by atoms with Crippen molar-refractivity contribution >= 4 is 23.4 Å². The second-order valence-electron chi connectivity index (χ2n) is 6.41. The normalized spacial score (nSPS) is 14.2. The highest BCUT2D eigenvalue weighted by Crippen LogP contribution is 2.25. The fourth-order valence-electron chi connectivity index (χ4n) is 2.95. The molecule has 1 saturated heterocycles. The van der Waals surface area contributed by atoms with Crippen LogP contribution in [0.5, 0.6) is 0 Å². The minimum absolute atomic E-state index is 0.262. The van der Waals surface area contributed by atoms with Crippen LogP contribution < -0.4 is 10.2 Å². The lowest BCUT2D eigenvalue weighted by atomic mass is 10.1. The van der Waals surface area contributed by atoms with Gasteiger partial charge in [-0.3, -0.25) is 0 Å². The van der Waals surface area contributed by atoms with Gasteiger partial charge in [0, 0.05) is 43.9 Å². The van der Waals surface area contributed by atoms with Crippen LogP contribution in [0, 0.1) is 0 Å². The van der Waals surface area contributed by atoms with Crippen molar-refractivity contribution in [2.75, 3.05) is 38.1 Å². The van der Waals surface area contributed by atoms with E-state index in [0.29, 0.717) is 11.6 Å². The quantitative estimate of drug-likeness (QED) is 0.871. The number of halogens is 1. The Morgan fingerprint density at radius 3 is 2.65 bits per heavy atom. The first kappa shape index (κ1) is 18.5. The molecular weight excluding hydrogens is 350 g/mol. The van der Waals surface area contributed by atoms with Crippen molar-refractivity contribution in [3.63, 3.8) is 0 Å². The molecule has 0 unspecified atom stereocenters. The molecular formula is C20H24ClN3O2. The smallest absolute Gasteiger partial charge is 0.410 e. The van der Waals surface area contributed by atoms with E-state index < -0.39 is 0 Å². The van der Waals surface area contributed by atoms with Crippen molar-refractivity contribution in [2.24, 2.45) is 0 Å². The van der Waals surface area contributed by atoms with E-state index in [0.717, 1.165) is 43.0 Å². The molecule has 0 aromatic heterocycles. The van der Waals surface area contributed by atoms with Gasteiger partial charge in [0.1, 0.15) is 6.61 Å². The van der Waals surface area contributed by atoms with Gasteiger partial charge in [0.05, 0.1) is 6.54 Å². The Hall–Kier alpha value is -2.24. The van der Waals surface area contributed by atoms with Crippen LogP contribution in [0.15, 0.2) is 48.5 Å². The van der Waals surface area contributed by atoms with E-state index in [1.165, 1.54) is 0 Å². The van der Waals surface area contributed by atoms with Crippen molar-refractivity contribution in [3.05, 3.63) is 64.7 Å². The predicted octanol–water partition coefficient (Wildman–Crippen LogP) is 3.52. The molecule has 1 aliphatic heterocycles. The highest BCUT2D eigenvalue weighted by atomic mass is 35.5. The van der Waals surface area contributed by atoms with Crippen LogP contribution >= 0.6 is 11.6 Å². The van der Waals surface area contributed by atoms with Gasteiger partial charge in [-0.1, -0.05) is 41.9 Å². The Morgan fingerprint density at radius 2 is 1.92 bits per heavy atom. The van der Waals surface area contributed by atoms with E-state index >= 15 is 0 Å². The Balaban J connectivity index is 1.60. The summed E-state index contributed by atoms with van der Waals surface area (Å²) in [5.74, 6) is 0. The van der Waals surface area contributed by atoms with E-state index in [1.54, 1.807) is 11.9 Å². The highest BCUT2D eigenvalue weighted by Gasteiger charge is 2.16. The molecule has 1 N–H and O–H groups in total. The second kappa shape index (κ2) is 8.92. The fourth-order valence-corrected chi connectivity index (χ4v) is 3.13. The number of piperazine rings is 1. The summed E-state index contributed by atoms with van der Waals surface area (Å²) < 4.78 is 5.37. The third kappa shape index (κ3) is 4.90. The first-order chi connectivity index (χ1) is 12.6. The zero-order valence-electron chi connectivity index (χ0n) is 15.0. The van der Waals surface area contributed by atoms with Crippen LogP contribution in [-0.2, 0) is 17.9 Å². The van der Waals surface area contributed by atoms with E-state index in [-0.39, 0.29) is 12.7 Å². The number of nitrogens with one attached hydrogen (secondary N) is 1. The highest BCUT2D eigenvalue weighted by molar-refractivity contribution is 6.31. The largest absolute Gasteiger partial charge is 0.445 e. The molecule has 26 heavy (non-hydrogen) atoms. The first-order valence-electron chi connectivity index (χ1n) is 8.79. The maximum atomic E-state index is 12.3. The summed E-state index contributed by atoms with van der Waals surface area (Å²) in [6, 6.07) is 15.6. The summed E-state index contributed by atoms with van der Waals surface area (Å²) in [5, 5.41) is 4.01. The molecule has 2 aromatic carbocycles. The predicted molar refractivity (Wildman–Crippen MR) is 105 cm³/mol. The van der Waals surface area contributed by atoms with Crippen LogP contribution in [-0.4, -0.2) is 44.2 Å². The average molecular weight is 374 g/mol. The van der Waals surface area contributed by atoms with Crippen LogP contribution in [0.2, 0.25) is 5.02 Å². The number of carbonyl (C=O) groups excluding carboxylic acids is 1. The number of hydrogen-bond acceptors (Lipinski definition) is 4. The van der Waals surface area contributed by atoms with Gasteiger partial charge >= 0.3 is 6.09 Å². The number of anilines is 1. The average Bonchev–Trinajstić information content (AvgIpc) is 2.69. The monoisotopic (exact) mass is 373 g/mol. The van der Waals surface area contributed by atoms with Crippen LogP contribution in [0.4, 0.5) is 10.5 Å². The number of ether oxygens (including phenoxy) is 1. The van der Waals surface area contributed by atoms with Gasteiger partial charge in [0.15, 0.2) is 0 Å². The van der Waals surface area contributed by atoms with Crippen molar-refractivity contribution in [1.82, 2.24) is 10.2 Å². The molecule has 3 rings (SSSR count). The molecule has 0 spiro atoms. The minimum Gasteiger partial charge on any atom is -0.445 e. The van der Waals surface area contributed by atoms with E-state index in [1.807, 2.05) is 42.5 Å². The molecule has 0 radical (unpaired) electrons. The number of hydrogen-bond donors (Lipinski definition) is 1. The van der Waals surface area contributed by atoms with Gasteiger partial charge in [0.2, 0.25) is 0 Å². The van der Waals surface area contributed by atoms with Crippen molar-refractivity contribution in [1.29, 1.82) is 0 Å². The van der Waals surface area contributed by atoms with Crippen LogP contribution in [0.1, 0.15) is 11.1 Å². The molecule has 0 bridgehead atoms. The summed E-state index contributed by atoms with van der Waals surface area (Å²) in [6.45, 7) is 4.56. The maximum Gasteiger partial charge on any atom is 0.410 e. The summed E-state index contributed by atoms with van der Waals surface area (Å²) in [5.41, 5.74) is 3.02. The van der Waals surface area contributed by atoms with E-state index in [9.17, 15) is 4.79 Å². The van der Waals surface area contributed by atoms with Crippen LogP contribution in [0.3, 0.4) is 0 Å². The topological polar surface area (TPSA) is 44.8 Å². The van der Waals surface area contributed by atoms with Crippen molar-refractivity contribution < 1.29 is 9.53 Å². The van der Waals surface area contributed by atoms with Gasteiger partial charge in [-0.25, -0.2) is 4.79 Å². The molecule has 1 heterocycles. The summed E-state index contributed by atoms with van der Waals surface area (Å²) >= 11 is 6.35. The summed E-state index contributed by atoms with van der Waals surface area (Å²) in [4.78, 5) is 16.1. The van der Waals surface area contributed by atoms with Gasteiger partial charge in [0.25, 0.3) is 0 Å². The summed E-state index contributed by atoms with van der Waals surface area (Å²) in [7, 11) is 1.72. The fraction of sp³-hybridized carbons (Fsp3) is 0.350. The van der Waals surface area contributed by atoms with Gasteiger partial charge < -0.3 is 19.9 Å². The second-order valence-corrected chi connectivity index (χ2v) is 6.82. The van der Waals surface area contributed by atoms with Gasteiger partial charge in [-0.2, -0.15) is 0 Å². The number of amides is 1. The van der Waals surface area contributed by atoms with Gasteiger partial charge in [-0.05, 0) is 29.3 Å². The number of rotatable bonds is 5. The molecule has 138 valence electrons. The molecule has 5 nitrogen and oxygen atoms in total. The lowest BCUT2D eigenvalue weighted by molar-refractivity contribution is 0.103.